The summed E-state index contributed by atoms with van der Waals surface area (Å²) in [6.07, 6.45) is 9.09. The second kappa shape index (κ2) is 7.49. The standard InChI is InChI=1S/C14H27N3/c1-5-15-14(12(2)3)9-7-6-8-13-10-16-17(4)11-13/h10-12,14-15H,5-9H2,1-4H3. The van der Waals surface area contributed by atoms with Crippen molar-refractivity contribution in [3.8, 4) is 0 Å². The molecule has 0 bridgehead atoms. The largest absolute Gasteiger partial charge is 0.314 e. The van der Waals surface area contributed by atoms with Crippen LogP contribution in [0.1, 0.15) is 45.6 Å². The highest BCUT2D eigenvalue weighted by atomic mass is 15.2. The van der Waals surface area contributed by atoms with Gasteiger partial charge in [0.15, 0.2) is 0 Å². The van der Waals surface area contributed by atoms with Gasteiger partial charge in [-0.15, -0.1) is 0 Å². The Morgan fingerprint density at radius 3 is 2.65 bits per heavy atom. The summed E-state index contributed by atoms with van der Waals surface area (Å²) in [5.41, 5.74) is 1.36. The highest BCUT2D eigenvalue weighted by Gasteiger charge is 2.10. The van der Waals surface area contributed by atoms with E-state index in [1.54, 1.807) is 0 Å². The van der Waals surface area contributed by atoms with Gasteiger partial charge in [0.1, 0.15) is 0 Å². The molecule has 98 valence electrons. The number of hydrogen-bond donors (Lipinski definition) is 1. The van der Waals surface area contributed by atoms with Gasteiger partial charge in [-0.2, -0.15) is 5.10 Å². The SMILES string of the molecule is CCNC(CCCCc1cnn(C)c1)C(C)C. The second-order valence-corrected chi connectivity index (χ2v) is 5.18. The molecule has 0 saturated heterocycles. The van der Waals surface area contributed by atoms with Gasteiger partial charge in [-0.1, -0.05) is 27.2 Å². The first-order valence-corrected chi connectivity index (χ1v) is 6.84. The molecule has 1 N–H and O–H groups in total. The molecule has 1 heterocycles. The maximum Gasteiger partial charge on any atom is 0.0521 e. The lowest BCUT2D eigenvalue weighted by Crippen LogP contribution is -2.33. The number of aryl methyl sites for hydroxylation is 2. The van der Waals surface area contributed by atoms with Gasteiger partial charge >= 0.3 is 0 Å². The molecule has 3 heteroatoms. The summed E-state index contributed by atoms with van der Waals surface area (Å²) in [5.74, 6) is 0.730. The van der Waals surface area contributed by atoms with E-state index in [-0.39, 0.29) is 0 Å². The van der Waals surface area contributed by atoms with E-state index in [2.05, 4.69) is 37.4 Å². The first-order valence-electron chi connectivity index (χ1n) is 6.84. The zero-order valence-electron chi connectivity index (χ0n) is 11.7. The minimum absolute atomic E-state index is 0.675. The Kier molecular flexibility index (Phi) is 6.27. The summed E-state index contributed by atoms with van der Waals surface area (Å²) in [6, 6.07) is 0.675. The molecule has 0 aromatic carbocycles. The first-order chi connectivity index (χ1) is 8.13. The number of nitrogens with one attached hydrogen (secondary N) is 1. The van der Waals surface area contributed by atoms with Crippen LogP contribution in [-0.4, -0.2) is 22.4 Å². The number of unbranched alkanes of at least 4 members (excludes halogenated alkanes) is 1. The van der Waals surface area contributed by atoms with Crippen LogP contribution < -0.4 is 5.32 Å². The fourth-order valence-electron chi connectivity index (χ4n) is 2.23. The van der Waals surface area contributed by atoms with Gasteiger partial charge in [0.05, 0.1) is 6.20 Å². The summed E-state index contributed by atoms with van der Waals surface area (Å²) in [4.78, 5) is 0. The molecule has 1 unspecified atom stereocenters. The van der Waals surface area contributed by atoms with Gasteiger partial charge in [0.2, 0.25) is 0 Å². The van der Waals surface area contributed by atoms with E-state index in [0.29, 0.717) is 6.04 Å². The summed E-state index contributed by atoms with van der Waals surface area (Å²) < 4.78 is 1.88. The van der Waals surface area contributed by atoms with Crippen molar-refractivity contribution < 1.29 is 0 Å². The van der Waals surface area contributed by atoms with E-state index >= 15 is 0 Å². The van der Waals surface area contributed by atoms with E-state index in [0.717, 1.165) is 18.9 Å². The van der Waals surface area contributed by atoms with Gasteiger partial charge in [0.25, 0.3) is 0 Å². The Morgan fingerprint density at radius 1 is 1.35 bits per heavy atom. The minimum Gasteiger partial charge on any atom is -0.314 e. The van der Waals surface area contributed by atoms with E-state index in [9.17, 15) is 0 Å². The molecule has 0 aliphatic heterocycles. The predicted octanol–water partition coefficient (Wildman–Crippen LogP) is 2.77. The third-order valence-electron chi connectivity index (χ3n) is 3.26. The van der Waals surface area contributed by atoms with E-state index in [1.165, 1.54) is 24.8 Å². The van der Waals surface area contributed by atoms with Crippen LogP contribution in [0, 0.1) is 5.92 Å². The molecule has 3 nitrogen and oxygen atoms in total. The zero-order chi connectivity index (χ0) is 12.7. The number of hydrogen-bond acceptors (Lipinski definition) is 2. The van der Waals surface area contributed by atoms with Gasteiger partial charge < -0.3 is 5.32 Å². The van der Waals surface area contributed by atoms with Crippen molar-refractivity contribution in [3.63, 3.8) is 0 Å². The Hall–Kier alpha value is -0.830. The lowest BCUT2D eigenvalue weighted by Gasteiger charge is -2.21. The van der Waals surface area contributed by atoms with Crippen LogP contribution in [-0.2, 0) is 13.5 Å². The van der Waals surface area contributed by atoms with Crippen molar-refractivity contribution in [2.75, 3.05) is 6.54 Å². The first kappa shape index (κ1) is 14.2. The summed E-state index contributed by atoms with van der Waals surface area (Å²) in [5, 5.41) is 7.76. The third-order valence-corrected chi connectivity index (χ3v) is 3.26. The van der Waals surface area contributed by atoms with E-state index in [4.69, 9.17) is 0 Å². The smallest absolute Gasteiger partial charge is 0.0521 e. The lowest BCUT2D eigenvalue weighted by molar-refractivity contribution is 0.373. The molecule has 1 aromatic rings. The highest BCUT2D eigenvalue weighted by Crippen LogP contribution is 2.12. The van der Waals surface area contributed by atoms with Crippen LogP contribution in [0.5, 0.6) is 0 Å². The Bertz CT molecular complexity index is 304. The minimum atomic E-state index is 0.675. The Labute approximate surface area is 106 Å². The monoisotopic (exact) mass is 237 g/mol. The van der Waals surface area contributed by atoms with Crippen molar-refractivity contribution in [1.82, 2.24) is 15.1 Å². The summed E-state index contributed by atoms with van der Waals surface area (Å²) >= 11 is 0. The molecule has 0 amide bonds. The van der Waals surface area contributed by atoms with Gasteiger partial charge in [0, 0.05) is 19.3 Å². The normalized spacial score (nSPS) is 13.2. The average molecular weight is 237 g/mol. The molecule has 0 fully saturated rings. The fraction of sp³-hybridized carbons (Fsp3) is 0.786. The maximum absolute atomic E-state index is 4.19. The second-order valence-electron chi connectivity index (χ2n) is 5.18. The average Bonchev–Trinajstić information content (AvgIpc) is 2.68. The molecule has 0 aliphatic carbocycles. The van der Waals surface area contributed by atoms with Gasteiger partial charge in [-0.3, -0.25) is 4.68 Å². The molecule has 1 aromatic heterocycles. The van der Waals surface area contributed by atoms with Crippen molar-refractivity contribution in [1.29, 1.82) is 0 Å². The van der Waals surface area contributed by atoms with Crippen molar-refractivity contribution in [2.24, 2.45) is 13.0 Å². The van der Waals surface area contributed by atoms with Crippen LogP contribution in [0.25, 0.3) is 0 Å². The number of aromatic nitrogens is 2. The van der Waals surface area contributed by atoms with Crippen LogP contribution in [0.4, 0.5) is 0 Å². The van der Waals surface area contributed by atoms with Crippen molar-refractivity contribution in [2.45, 2.75) is 52.5 Å². The van der Waals surface area contributed by atoms with Crippen LogP contribution in [0.2, 0.25) is 0 Å². The molecule has 0 saturated carbocycles. The molecule has 1 atom stereocenters. The van der Waals surface area contributed by atoms with E-state index in [1.807, 2.05) is 17.9 Å². The predicted molar refractivity (Wildman–Crippen MR) is 73.1 cm³/mol. The highest BCUT2D eigenvalue weighted by molar-refractivity contribution is 5.03. The number of nitrogens with zero attached hydrogens (tertiary/aromatic N) is 2. The van der Waals surface area contributed by atoms with Crippen molar-refractivity contribution in [3.05, 3.63) is 18.0 Å². The molecule has 1 rings (SSSR count). The van der Waals surface area contributed by atoms with Crippen LogP contribution >= 0.6 is 0 Å². The molecular formula is C14H27N3. The molecule has 0 spiro atoms. The topological polar surface area (TPSA) is 29.9 Å². The maximum atomic E-state index is 4.19. The number of rotatable bonds is 8. The molecule has 17 heavy (non-hydrogen) atoms. The summed E-state index contributed by atoms with van der Waals surface area (Å²) in [7, 11) is 1.98. The third kappa shape index (κ3) is 5.35. The van der Waals surface area contributed by atoms with Crippen molar-refractivity contribution >= 4 is 0 Å². The lowest BCUT2D eigenvalue weighted by atomic mass is 9.97. The van der Waals surface area contributed by atoms with Gasteiger partial charge in [-0.25, -0.2) is 0 Å². The quantitative estimate of drug-likeness (QED) is 0.705. The molecule has 0 radical (unpaired) electrons. The summed E-state index contributed by atoms with van der Waals surface area (Å²) in [6.45, 7) is 7.86. The van der Waals surface area contributed by atoms with E-state index < -0.39 is 0 Å². The van der Waals surface area contributed by atoms with Crippen LogP contribution in [0.3, 0.4) is 0 Å². The Morgan fingerprint density at radius 2 is 2.12 bits per heavy atom. The molecular weight excluding hydrogens is 210 g/mol. The zero-order valence-corrected chi connectivity index (χ0v) is 11.7. The van der Waals surface area contributed by atoms with Gasteiger partial charge in [-0.05, 0) is 37.3 Å². The fourth-order valence-corrected chi connectivity index (χ4v) is 2.23. The Balaban J connectivity index is 2.18. The molecule has 0 aliphatic rings. The van der Waals surface area contributed by atoms with Crippen LogP contribution in [0.15, 0.2) is 12.4 Å².